The molecular formula is C52H33NS. The van der Waals surface area contributed by atoms with Gasteiger partial charge in [0.2, 0.25) is 0 Å². The summed E-state index contributed by atoms with van der Waals surface area (Å²) in [6, 6.07) is 73.6. The fourth-order valence-corrected chi connectivity index (χ4v) is 9.56. The maximum absolute atomic E-state index is 2.45. The molecule has 10 aromatic carbocycles. The van der Waals surface area contributed by atoms with E-state index in [-0.39, 0.29) is 0 Å². The molecule has 11 aromatic rings. The average molecular weight is 704 g/mol. The van der Waals surface area contributed by atoms with Gasteiger partial charge in [-0.2, -0.15) is 0 Å². The average Bonchev–Trinajstić information content (AvgIpc) is 3.60. The summed E-state index contributed by atoms with van der Waals surface area (Å²) in [7, 11) is 0. The van der Waals surface area contributed by atoms with Crippen LogP contribution in [-0.4, -0.2) is 0 Å². The Bertz CT molecular complexity index is 3210. The summed E-state index contributed by atoms with van der Waals surface area (Å²) in [5.41, 5.74) is 8.31. The standard InChI is InChI=1S/C52H33NS/c1-2-12-34(13-3-1)35-22-24-39(25-23-35)53(40-26-29-51-49(33-40)48-30-36-14-4-5-15-37(36)32-52(48)54-51)50-28-27-45(43-19-10-11-21-46(43)50)47-31-38-16-6-7-17-41(38)42-18-8-9-20-44(42)47/h1-33H. The van der Waals surface area contributed by atoms with Crippen LogP contribution in [0, 0.1) is 0 Å². The first-order valence-electron chi connectivity index (χ1n) is 18.5. The lowest BCUT2D eigenvalue weighted by atomic mass is 9.90. The van der Waals surface area contributed by atoms with Gasteiger partial charge in [0, 0.05) is 36.9 Å². The van der Waals surface area contributed by atoms with Crippen molar-refractivity contribution >= 4 is 91.7 Å². The van der Waals surface area contributed by atoms with Gasteiger partial charge in [-0.3, -0.25) is 0 Å². The van der Waals surface area contributed by atoms with Crippen LogP contribution in [0.5, 0.6) is 0 Å². The second-order valence-corrected chi connectivity index (χ2v) is 15.2. The van der Waals surface area contributed by atoms with Gasteiger partial charge < -0.3 is 4.90 Å². The Morgan fingerprint density at radius 3 is 1.65 bits per heavy atom. The van der Waals surface area contributed by atoms with Crippen LogP contribution in [0.15, 0.2) is 200 Å². The van der Waals surface area contributed by atoms with E-state index in [0.717, 1.165) is 17.1 Å². The minimum atomic E-state index is 1.12. The first-order valence-corrected chi connectivity index (χ1v) is 19.3. The van der Waals surface area contributed by atoms with Crippen molar-refractivity contribution in [1.82, 2.24) is 0 Å². The van der Waals surface area contributed by atoms with Crippen molar-refractivity contribution in [2.45, 2.75) is 0 Å². The lowest BCUT2D eigenvalue weighted by Crippen LogP contribution is -2.10. The van der Waals surface area contributed by atoms with Crippen molar-refractivity contribution in [3.63, 3.8) is 0 Å². The summed E-state index contributed by atoms with van der Waals surface area (Å²) >= 11 is 1.87. The highest BCUT2D eigenvalue weighted by Crippen LogP contribution is 2.46. The lowest BCUT2D eigenvalue weighted by molar-refractivity contribution is 1.30. The van der Waals surface area contributed by atoms with E-state index in [9.17, 15) is 0 Å². The molecule has 0 saturated heterocycles. The van der Waals surface area contributed by atoms with Gasteiger partial charge in [0.05, 0.1) is 5.69 Å². The maximum atomic E-state index is 2.45. The summed E-state index contributed by atoms with van der Waals surface area (Å²) in [5.74, 6) is 0. The zero-order valence-electron chi connectivity index (χ0n) is 29.4. The molecule has 252 valence electrons. The van der Waals surface area contributed by atoms with E-state index in [4.69, 9.17) is 0 Å². The van der Waals surface area contributed by atoms with Crippen molar-refractivity contribution in [3.8, 4) is 22.3 Å². The van der Waals surface area contributed by atoms with E-state index in [1.807, 2.05) is 11.3 Å². The fourth-order valence-electron chi connectivity index (χ4n) is 8.44. The molecule has 1 heterocycles. The normalized spacial score (nSPS) is 11.7. The van der Waals surface area contributed by atoms with Crippen LogP contribution in [0.1, 0.15) is 0 Å². The zero-order valence-corrected chi connectivity index (χ0v) is 30.2. The smallest absolute Gasteiger partial charge is 0.0540 e. The lowest BCUT2D eigenvalue weighted by Gasteiger charge is -2.28. The largest absolute Gasteiger partial charge is 0.310 e. The highest BCUT2D eigenvalue weighted by atomic mass is 32.1. The molecule has 1 nitrogen and oxygen atoms in total. The molecule has 11 rings (SSSR count). The SMILES string of the molecule is c1ccc(-c2ccc(N(c3ccc4sc5cc6ccccc6cc5c4c3)c3ccc(-c4cc5ccccc5c5ccccc45)c4ccccc34)cc2)cc1. The summed E-state index contributed by atoms with van der Waals surface area (Å²) < 4.78 is 2.61. The Labute approximate surface area is 317 Å². The highest BCUT2D eigenvalue weighted by molar-refractivity contribution is 7.25. The van der Waals surface area contributed by atoms with Gasteiger partial charge in [-0.1, -0.05) is 146 Å². The van der Waals surface area contributed by atoms with Crippen molar-refractivity contribution < 1.29 is 0 Å². The number of hydrogen-bond donors (Lipinski definition) is 0. The number of hydrogen-bond acceptors (Lipinski definition) is 2. The van der Waals surface area contributed by atoms with Crippen LogP contribution in [0.3, 0.4) is 0 Å². The topological polar surface area (TPSA) is 3.24 Å². The molecule has 0 unspecified atom stereocenters. The summed E-state index contributed by atoms with van der Waals surface area (Å²) in [6.45, 7) is 0. The molecule has 0 bridgehead atoms. The van der Waals surface area contributed by atoms with E-state index < -0.39 is 0 Å². The number of rotatable bonds is 5. The monoisotopic (exact) mass is 703 g/mol. The molecule has 0 atom stereocenters. The van der Waals surface area contributed by atoms with E-state index in [2.05, 4.69) is 205 Å². The minimum Gasteiger partial charge on any atom is -0.310 e. The van der Waals surface area contributed by atoms with Gasteiger partial charge in [0.1, 0.15) is 0 Å². The zero-order chi connectivity index (χ0) is 35.6. The quantitative estimate of drug-likeness (QED) is 0.161. The molecule has 54 heavy (non-hydrogen) atoms. The number of fused-ring (bicyclic) bond motifs is 8. The Morgan fingerprint density at radius 2 is 0.870 bits per heavy atom. The Hall–Kier alpha value is -6.74. The predicted octanol–water partition coefficient (Wildman–Crippen LogP) is 15.5. The first-order chi connectivity index (χ1) is 26.8. The van der Waals surface area contributed by atoms with E-state index in [0.29, 0.717) is 0 Å². The summed E-state index contributed by atoms with van der Waals surface area (Å²) in [4.78, 5) is 2.45. The molecular weight excluding hydrogens is 671 g/mol. The van der Waals surface area contributed by atoms with Crippen molar-refractivity contribution in [2.24, 2.45) is 0 Å². The van der Waals surface area contributed by atoms with Gasteiger partial charge in [-0.25, -0.2) is 0 Å². The van der Waals surface area contributed by atoms with Gasteiger partial charge in [0.15, 0.2) is 0 Å². The molecule has 0 aliphatic heterocycles. The molecule has 2 heteroatoms. The molecule has 0 radical (unpaired) electrons. The van der Waals surface area contributed by atoms with Gasteiger partial charge in [0.25, 0.3) is 0 Å². The molecule has 0 fully saturated rings. The molecule has 0 aliphatic carbocycles. The Morgan fingerprint density at radius 1 is 0.296 bits per heavy atom. The number of benzene rings is 10. The third-order valence-corrected chi connectivity index (χ3v) is 12.1. The van der Waals surface area contributed by atoms with Crippen molar-refractivity contribution in [2.75, 3.05) is 4.90 Å². The third-order valence-electron chi connectivity index (χ3n) is 11.0. The number of thiophene rings is 1. The molecule has 0 N–H and O–H groups in total. The maximum Gasteiger partial charge on any atom is 0.0540 e. The van der Waals surface area contributed by atoms with Gasteiger partial charge >= 0.3 is 0 Å². The second-order valence-electron chi connectivity index (χ2n) is 14.1. The van der Waals surface area contributed by atoms with Crippen LogP contribution in [0.25, 0.3) is 85.5 Å². The van der Waals surface area contributed by atoms with Gasteiger partial charge in [-0.15, -0.1) is 11.3 Å². The van der Waals surface area contributed by atoms with Crippen LogP contribution in [0.4, 0.5) is 17.1 Å². The predicted molar refractivity (Wildman–Crippen MR) is 235 cm³/mol. The van der Waals surface area contributed by atoms with E-state index in [1.54, 1.807) is 0 Å². The van der Waals surface area contributed by atoms with E-state index >= 15 is 0 Å². The van der Waals surface area contributed by atoms with E-state index in [1.165, 1.54) is 85.5 Å². The Balaban J connectivity index is 1.14. The van der Waals surface area contributed by atoms with Crippen LogP contribution >= 0.6 is 11.3 Å². The number of nitrogens with zero attached hydrogens (tertiary/aromatic N) is 1. The van der Waals surface area contributed by atoms with Crippen LogP contribution in [0.2, 0.25) is 0 Å². The highest BCUT2D eigenvalue weighted by Gasteiger charge is 2.20. The summed E-state index contributed by atoms with van der Waals surface area (Å²) in [6.07, 6.45) is 0. The van der Waals surface area contributed by atoms with Gasteiger partial charge in [-0.05, 0) is 115 Å². The van der Waals surface area contributed by atoms with Crippen molar-refractivity contribution in [3.05, 3.63) is 200 Å². The third kappa shape index (κ3) is 4.99. The second kappa shape index (κ2) is 12.4. The Kier molecular flexibility index (Phi) is 7.11. The molecule has 0 spiro atoms. The molecule has 0 amide bonds. The molecule has 0 saturated carbocycles. The summed E-state index contributed by atoms with van der Waals surface area (Å²) in [5, 5.41) is 12.7. The number of anilines is 3. The molecule has 1 aromatic heterocycles. The minimum absolute atomic E-state index is 1.12. The van der Waals surface area contributed by atoms with Crippen LogP contribution in [-0.2, 0) is 0 Å². The first kappa shape index (κ1) is 30.8. The van der Waals surface area contributed by atoms with Crippen molar-refractivity contribution in [1.29, 1.82) is 0 Å². The van der Waals surface area contributed by atoms with Crippen LogP contribution < -0.4 is 4.90 Å². The fraction of sp³-hybridized carbons (Fsp3) is 0. The molecule has 0 aliphatic rings.